The van der Waals surface area contributed by atoms with Crippen molar-refractivity contribution in [1.82, 2.24) is 9.78 Å². The Morgan fingerprint density at radius 2 is 1.94 bits per heavy atom. The fourth-order valence-corrected chi connectivity index (χ4v) is 1.47. The van der Waals surface area contributed by atoms with Gasteiger partial charge in [-0.3, -0.25) is 9.48 Å². The molecule has 1 atom stereocenters. The van der Waals surface area contributed by atoms with E-state index in [0.29, 0.717) is 18.4 Å². The maximum atomic E-state index is 11.9. The molecule has 0 radical (unpaired) electrons. The van der Waals surface area contributed by atoms with E-state index in [0.717, 1.165) is 5.69 Å². The first-order valence-corrected chi connectivity index (χ1v) is 5.98. The Bertz CT molecular complexity index is 353. The average Bonchev–Trinajstić information content (AvgIpc) is 2.64. The summed E-state index contributed by atoms with van der Waals surface area (Å²) in [6.45, 7) is 10.3. The van der Waals surface area contributed by atoms with Gasteiger partial charge in [-0.15, -0.1) is 0 Å². The van der Waals surface area contributed by atoms with Crippen LogP contribution < -0.4 is 0 Å². The van der Waals surface area contributed by atoms with Gasteiger partial charge in [0.15, 0.2) is 0 Å². The molecule has 1 aromatic heterocycles. The Morgan fingerprint density at radius 1 is 1.31 bits per heavy atom. The summed E-state index contributed by atoms with van der Waals surface area (Å²) >= 11 is 0. The molecule has 1 rings (SSSR count). The lowest BCUT2D eigenvalue weighted by Gasteiger charge is -2.13. The van der Waals surface area contributed by atoms with Crippen molar-refractivity contribution in [1.29, 1.82) is 0 Å². The van der Waals surface area contributed by atoms with Crippen LogP contribution in [-0.2, 0) is 11.2 Å². The second kappa shape index (κ2) is 5.28. The van der Waals surface area contributed by atoms with E-state index < -0.39 is 0 Å². The average molecular weight is 222 g/mol. The van der Waals surface area contributed by atoms with Gasteiger partial charge in [-0.25, -0.2) is 0 Å². The normalized spacial score (nSPS) is 13.4. The van der Waals surface area contributed by atoms with Gasteiger partial charge < -0.3 is 0 Å². The minimum absolute atomic E-state index is 0.115. The van der Waals surface area contributed by atoms with Crippen LogP contribution in [0.4, 0.5) is 0 Å². The first-order chi connectivity index (χ1) is 7.41. The smallest absolute Gasteiger partial charge is 0.141 e. The molecule has 1 unspecified atom stereocenters. The summed E-state index contributed by atoms with van der Waals surface area (Å²) in [7, 11) is 0. The van der Waals surface area contributed by atoms with Crippen LogP contribution in [0.15, 0.2) is 12.3 Å². The Kier molecular flexibility index (Phi) is 4.27. The molecule has 3 heteroatoms. The molecule has 0 spiro atoms. The maximum absolute atomic E-state index is 11.9. The molecule has 0 aromatic carbocycles. The summed E-state index contributed by atoms with van der Waals surface area (Å²) in [4.78, 5) is 11.9. The van der Waals surface area contributed by atoms with E-state index in [9.17, 15) is 4.79 Å². The molecule has 0 aliphatic carbocycles. The van der Waals surface area contributed by atoms with E-state index >= 15 is 0 Å². The molecule has 0 amide bonds. The van der Waals surface area contributed by atoms with Gasteiger partial charge in [0.05, 0.1) is 12.1 Å². The molecule has 90 valence electrons. The lowest BCUT2D eigenvalue weighted by molar-refractivity contribution is -0.122. The summed E-state index contributed by atoms with van der Waals surface area (Å²) < 4.78 is 1.89. The molecule has 0 saturated carbocycles. The van der Waals surface area contributed by atoms with Crippen molar-refractivity contribution >= 4 is 5.78 Å². The SMILES string of the molecule is CC(C)C(C)C(=O)Cc1ccn(C(C)C)n1. The number of Topliss-reactive ketones (excluding diaryl/α,β-unsaturated/α-hetero) is 1. The number of carbonyl (C=O) groups is 1. The molecule has 0 N–H and O–H groups in total. The van der Waals surface area contributed by atoms with Crippen molar-refractivity contribution in [3.8, 4) is 0 Å². The van der Waals surface area contributed by atoms with Crippen LogP contribution in [-0.4, -0.2) is 15.6 Å². The van der Waals surface area contributed by atoms with Gasteiger partial charge in [-0.2, -0.15) is 5.10 Å². The summed E-state index contributed by atoms with van der Waals surface area (Å²) in [5, 5.41) is 4.39. The van der Waals surface area contributed by atoms with Crippen LogP contribution >= 0.6 is 0 Å². The molecule has 1 heterocycles. The maximum Gasteiger partial charge on any atom is 0.141 e. The van der Waals surface area contributed by atoms with Crippen molar-refractivity contribution in [3.63, 3.8) is 0 Å². The third kappa shape index (κ3) is 3.19. The molecular weight excluding hydrogens is 200 g/mol. The van der Waals surface area contributed by atoms with Crippen molar-refractivity contribution in [2.75, 3.05) is 0 Å². The van der Waals surface area contributed by atoms with Gasteiger partial charge in [0, 0.05) is 18.2 Å². The zero-order valence-corrected chi connectivity index (χ0v) is 10.9. The second-order valence-corrected chi connectivity index (χ2v) is 5.06. The summed E-state index contributed by atoms with van der Waals surface area (Å²) in [6.07, 6.45) is 2.40. The fourth-order valence-electron chi connectivity index (χ4n) is 1.47. The van der Waals surface area contributed by atoms with Crippen molar-refractivity contribution in [2.24, 2.45) is 11.8 Å². The molecule has 3 nitrogen and oxygen atoms in total. The first-order valence-electron chi connectivity index (χ1n) is 5.98. The lowest BCUT2D eigenvalue weighted by atomic mass is 9.91. The zero-order chi connectivity index (χ0) is 12.3. The van der Waals surface area contributed by atoms with E-state index in [1.165, 1.54) is 0 Å². The van der Waals surface area contributed by atoms with Gasteiger partial charge in [0.1, 0.15) is 5.78 Å². The van der Waals surface area contributed by atoms with Crippen molar-refractivity contribution in [3.05, 3.63) is 18.0 Å². The molecule has 0 aliphatic rings. The number of ketones is 1. The van der Waals surface area contributed by atoms with Gasteiger partial charge in [-0.05, 0) is 25.8 Å². The van der Waals surface area contributed by atoms with Crippen LogP contribution in [0.5, 0.6) is 0 Å². The first kappa shape index (κ1) is 12.9. The molecule has 1 aromatic rings. The lowest BCUT2D eigenvalue weighted by Crippen LogP contribution is -2.19. The van der Waals surface area contributed by atoms with E-state index in [-0.39, 0.29) is 11.7 Å². The van der Waals surface area contributed by atoms with Gasteiger partial charge in [-0.1, -0.05) is 20.8 Å². The summed E-state index contributed by atoms with van der Waals surface area (Å²) in [5.41, 5.74) is 0.881. The van der Waals surface area contributed by atoms with E-state index in [1.807, 2.05) is 23.9 Å². The number of nitrogens with zero attached hydrogens (tertiary/aromatic N) is 2. The van der Waals surface area contributed by atoms with E-state index in [2.05, 4.69) is 32.8 Å². The quantitative estimate of drug-likeness (QED) is 0.767. The Hall–Kier alpha value is -1.12. The monoisotopic (exact) mass is 222 g/mol. The van der Waals surface area contributed by atoms with Crippen LogP contribution in [0.3, 0.4) is 0 Å². The number of aromatic nitrogens is 2. The highest BCUT2D eigenvalue weighted by Gasteiger charge is 2.17. The molecule has 0 saturated heterocycles. The highest BCUT2D eigenvalue weighted by molar-refractivity contribution is 5.82. The van der Waals surface area contributed by atoms with E-state index in [4.69, 9.17) is 0 Å². The van der Waals surface area contributed by atoms with Gasteiger partial charge in [0.25, 0.3) is 0 Å². The number of hydrogen-bond donors (Lipinski definition) is 0. The third-order valence-corrected chi connectivity index (χ3v) is 3.06. The number of hydrogen-bond acceptors (Lipinski definition) is 2. The van der Waals surface area contributed by atoms with Gasteiger partial charge in [0.2, 0.25) is 0 Å². The van der Waals surface area contributed by atoms with Gasteiger partial charge >= 0.3 is 0 Å². The summed E-state index contributed by atoms with van der Waals surface area (Å²) in [6, 6.07) is 2.29. The second-order valence-electron chi connectivity index (χ2n) is 5.06. The zero-order valence-electron chi connectivity index (χ0n) is 10.9. The Balaban J connectivity index is 2.63. The highest BCUT2D eigenvalue weighted by Crippen LogP contribution is 2.14. The third-order valence-electron chi connectivity index (χ3n) is 3.06. The molecule has 0 fully saturated rings. The van der Waals surface area contributed by atoms with Crippen molar-refractivity contribution < 1.29 is 4.79 Å². The minimum Gasteiger partial charge on any atom is -0.299 e. The predicted octanol–water partition coefficient (Wildman–Crippen LogP) is 2.87. The number of carbonyl (C=O) groups excluding carboxylic acids is 1. The predicted molar refractivity (Wildman–Crippen MR) is 65.3 cm³/mol. The molecule has 0 aliphatic heterocycles. The number of rotatable bonds is 5. The minimum atomic E-state index is 0.115. The summed E-state index contributed by atoms with van der Waals surface area (Å²) in [5.74, 6) is 0.799. The van der Waals surface area contributed by atoms with Crippen LogP contribution in [0, 0.1) is 11.8 Å². The fraction of sp³-hybridized carbons (Fsp3) is 0.692. The topological polar surface area (TPSA) is 34.9 Å². The Labute approximate surface area is 97.8 Å². The van der Waals surface area contributed by atoms with Crippen LogP contribution in [0.2, 0.25) is 0 Å². The largest absolute Gasteiger partial charge is 0.299 e. The molecular formula is C13H22N2O. The standard InChI is InChI=1S/C13H22N2O/c1-9(2)11(5)13(16)8-12-6-7-15(14-12)10(3)4/h6-7,9-11H,8H2,1-5H3. The van der Waals surface area contributed by atoms with Crippen molar-refractivity contribution in [2.45, 2.75) is 47.1 Å². The molecule has 16 heavy (non-hydrogen) atoms. The Morgan fingerprint density at radius 3 is 2.38 bits per heavy atom. The molecule has 0 bridgehead atoms. The highest BCUT2D eigenvalue weighted by atomic mass is 16.1. The van der Waals surface area contributed by atoms with E-state index in [1.54, 1.807) is 0 Å². The van der Waals surface area contributed by atoms with Crippen LogP contribution in [0.25, 0.3) is 0 Å². The van der Waals surface area contributed by atoms with Crippen LogP contribution in [0.1, 0.15) is 46.4 Å².